The Hall–Kier alpha value is -3.24. The largest absolute Gasteiger partial charge is 0.298 e. The van der Waals surface area contributed by atoms with Gasteiger partial charge in [-0.3, -0.25) is 10.1 Å². The second-order valence-electron chi connectivity index (χ2n) is 6.69. The molecule has 0 atom stereocenters. The molecule has 28 heavy (non-hydrogen) atoms. The minimum atomic E-state index is -0.149. The molecule has 0 saturated heterocycles. The van der Waals surface area contributed by atoms with Crippen molar-refractivity contribution in [3.05, 3.63) is 94.9 Å². The first-order chi connectivity index (χ1) is 13.6. The summed E-state index contributed by atoms with van der Waals surface area (Å²) < 4.78 is 0. The molecule has 4 heteroatoms. The third kappa shape index (κ3) is 3.87. The molecule has 1 heterocycles. The number of nitrogens with one attached hydrogen (secondary N) is 1. The van der Waals surface area contributed by atoms with Gasteiger partial charge in [-0.2, -0.15) is 0 Å². The lowest BCUT2D eigenvalue weighted by Crippen LogP contribution is -2.11. The fraction of sp³-hybridized carbons (Fsp3) is 0.0833. The molecule has 3 aromatic carbocycles. The fourth-order valence-corrected chi connectivity index (χ4v) is 3.87. The van der Waals surface area contributed by atoms with Gasteiger partial charge < -0.3 is 0 Å². The van der Waals surface area contributed by atoms with Crippen LogP contribution >= 0.6 is 11.3 Å². The first-order valence-electron chi connectivity index (χ1n) is 9.11. The Balaban J connectivity index is 1.51. The van der Waals surface area contributed by atoms with Crippen LogP contribution in [0.5, 0.6) is 0 Å². The number of carbonyl (C=O) groups excluding carboxylic acids is 1. The number of thiazole rings is 1. The molecule has 4 rings (SSSR count). The molecule has 0 saturated carbocycles. The number of aromatic nitrogens is 1. The number of aryl methyl sites for hydroxylation is 2. The van der Waals surface area contributed by atoms with Gasteiger partial charge in [0.25, 0.3) is 5.91 Å². The summed E-state index contributed by atoms with van der Waals surface area (Å²) in [5.74, 6) is -0.149. The standard InChI is InChI=1S/C24H20N2OS/c1-16-8-10-20(11-9-16)22-17(2)28-24(25-22)26-23(27)21-14-12-19(13-15-21)18-6-4-3-5-7-18/h3-15H,1-2H3,(H,25,26,27). The highest BCUT2D eigenvalue weighted by atomic mass is 32.1. The lowest BCUT2D eigenvalue weighted by atomic mass is 10.0. The summed E-state index contributed by atoms with van der Waals surface area (Å²) in [6.07, 6.45) is 0. The number of benzene rings is 3. The summed E-state index contributed by atoms with van der Waals surface area (Å²) in [7, 11) is 0. The second-order valence-corrected chi connectivity index (χ2v) is 7.89. The van der Waals surface area contributed by atoms with Crippen molar-refractivity contribution in [2.45, 2.75) is 13.8 Å². The predicted octanol–water partition coefficient (Wildman–Crippen LogP) is 6.35. The second kappa shape index (κ2) is 7.79. The zero-order valence-electron chi connectivity index (χ0n) is 15.8. The van der Waals surface area contributed by atoms with Gasteiger partial charge in [-0.05, 0) is 37.1 Å². The van der Waals surface area contributed by atoms with E-state index in [2.05, 4.69) is 53.6 Å². The average Bonchev–Trinajstić information content (AvgIpc) is 3.09. The SMILES string of the molecule is Cc1ccc(-c2nc(NC(=O)c3ccc(-c4ccccc4)cc3)sc2C)cc1. The van der Waals surface area contributed by atoms with E-state index in [0.717, 1.165) is 27.3 Å². The van der Waals surface area contributed by atoms with Crippen LogP contribution in [0.3, 0.4) is 0 Å². The molecule has 0 radical (unpaired) electrons. The van der Waals surface area contributed by atoms with Crippen LogP contribution in [0.25, 0.3) is 22.4 Å². The van der Waals surface area contributed by atoms with Crippen LogP contribution < -0.4 is 5.32 Å². The van der Waals surface area contributed by atoms with Crippen molar-refractivity contribution in [1.82, 2.24) is 4.98 Å². The van der Waals surface area contributed by atoms with Crippen molar-refractivity contribution in [3.8, 4) is 22.4 Å². The van der Waals surface area contributed by atoms with Gasteiger partial charge in [-0.15, -0.1) is 11.3 Å². The summed E-state index contributed by atoms with van der Waals surface area (Å²) in [5.41, 5.74) is 6.02. The number of amides is 1. The van der Waals surface area contributed by atoms with Gasteiger partial charge in [0.1, 0.15) is 0 Å². The van der Waals surface area contributed by atoms with Crippen molar-refractivity contribution in [2.75, 3.05) is 5.32 Å². The van der Waals surface area contributed by atoms with Gasteiger partial charge in [-0.25, -0.2) is 4.98 Å². The molecule has 0 fully saturated rings. The first kappa shape index (κ1) is 18.1. The van der Waals surface area contributed by atoms with Crippen LogP contribution in [-0.4, -0.2) is 10.9 Å². The molecule has 1 amide bonds. The maximum absolute atomic E-state index is 12.6. The zero-order chi connectivity index (χ0) is 19.5. The molecule has 0 spiro atoms. The number of anilines is 1. The summed E-state index contributed by atoms with van der Waals surface area (Å²) in [6.45, 7) is 4.09. The van der Waals surface area contributed by atoms with Crippen LogP contribution in [0.2, 0.25) is 0 Å². The molecule has 138 valence electrons. The summed E-state index contributed by atoms with van der Waals surface area (Å²) in [4.78, 5) is 18.3. The maximum atomic E-state index is 12.6. The summed E-state index contributed by atoms with van der Waals surface area (Å²) >= 11 is 1.49. The molecule has 1 N–H and O–H groups in total. The van der Waals surface area contributed by atoms with Crippen LogP contribution in [-0.2, 0) is 0 Å². The van der Waals surface area contributed by atoms with Crippen LogP contribution in [0, 0.1) is 13.8 Å². The van der Waals surface area contributed by atoms with E-state index in [1.165, 1.54) is 16.9 Å². The first-order valence-corrected chi connectivity index (χ1v) is 9.93. The number of carbonyl (C=O) groups is 1. The van der Waals surface area contributed by atoms with Crippen molar-refractivity contribution in [2.24, 2.45) is 0 Å². The Morgan fingerprint density at radius 3 is 2.07 bits per heavy atom. The van der Waals surface area contributed by atoms with Gasteiger partial charge in [0.05, 0.1) is 5.69 Å². The van der Waals surface area contributed by atoms with Gasteiger partial charge in [0.15, 0.2) is 5.13 Å². The van der Waals surface area contributed by atoms with E-state index in [1.807, 2.05) is 49.4 Å². The van der Waals surface area contributed by atoms with E-state index < -0.39 is 0 Å². The zero-order valence-corrected chi connectivity index (χ0v) is 16.6. The Morgan fingerprint density at radius 2 is 1.39 bits per heavy atom. The van der Waals surface area contributed by atoms with Crippen molar-refractivity contribution < 1.29 is 4.79 Å². The Kier molecular flexibility index (Phi) is 5.04. The van der Waals surface area contributed by atoms with Crippen molar-refractivity contribution in [3.63, 3.8) is 0 Å². The minimum Gasteiger partial charge on any atom is -0.298 e. The van der Waals surface area contributed by atoms with E-state index in [0.29, 0.717) is 10.7 Å². The molecule has 3 nitrogen and oxygen atoms in total. The van der Waals surface area contributed by atoms with E-state index in [4.69, 9.17) is 0 Å². The van der Waals surface area contributed by atoms with E-state index in [1.54, 1.807) is 0 Å². The molecule has 1 aromatic heterocycles. The molecular formula is C24H20N2OS. The van der Waals surface area contributed by atoms with Crippen LogP contribution in [0.1, 0.15) is 20.8 Å². The highest BCUT2D eigenvalue weighted by Gasteiger charge is 2.13. The van der Waals surface area contributed by atoms with Gasteiger partial charge >= 0.3 is 0 Å². The van der Waals surface area contributed by atoms with Gasteiger partial charge in [-0.1, -0.05) is 72.3 Å². The van der Waals surface area contributed by atoms with Crippen LogP contribution in [0.15, 0.2) is 78.9 Å². The Bertz CT molecular complexity index is 1100. The van der Waals surface area contributed by atoms with Crippen molar-refractivity contribution >= 4 is 22.4 Å². The Morgan fingerprint density at radius 1 is 0.786 bits per heavy atom. The normalized spacial score (nSPS) is 10.6. The lowest BCUT2D eigenvalue weighted by Gasteiger charge is -2.04. The monoisotopic (exact) mass is 384 g/mol. The fourth-order valence-electron chi connectivity index (χ4n) is 3.04. The van der Waals surface area contributed by atoms with Crippen LogP contribution in [0.4, 0.5) is 5.13 Å². The quantitative estimate of drug-likeness (QED) is 0.446. The molecule has 0 aliphatic carbocycles. The van der Waals surface area contributed by atoms with Gasteiger partial charge in [0, 0.05) is 16.0 Å². The molecular weight excluding hydrogens is 364 g/mol. The van der Waals surface area contributed by atoms with E-state index in [-0.39, 0.29) is 5.91 Å². The highest BCUT2D eigenvalue weighted by Crippen LogP contribution is 2.31. The Labute approximate surface area is 168 Å². The lowest BCUT2D eigenvalue weighted by molar-refractivity contribution is 0.102. The summed E-state index contributed by atoms with van der Waals surface area (Å²) in [6, 6.07) is 26.0. The third-order valence-corrected chi connectivity index (χ3v) is 5.48. The number of rotatable bonds is 4. The summed E-state index contributed by atoms with van der Waals surface area (Å²) in [5, 5.41) is 3.54. The molecule has 0 unspecified atom stereocenters. The molecule has 0 aliphatic rings. The minimum absolute atomic E-state index is 0.149. The molecule has 0 bridgehead atoms. The average molecular weight is 385 g/mol. The highest BCUT2D eigenvalue weighted by molar-refractivity contribution is 7.16. The third-order valence-electron chi connectivity index (χ3n) is 4.60. The van der Waals surface area contributed by atoms with Crippen molar-refractivity contribution in [1.29, 1.82) is 0 Å². The molecule has 0 aliphatic heterocycles. The van der Waals surface area contributed by atoms with E-state index >= 15 is 0 Å². The van der Waals surface area contributed by atoms with E-state index in [9.17, 15) is 4.79 Å². The number of nitrogens with zero attached hydrogens (tertiary/aromatic N) is 1. The number of hydrogen-bond acceptors (Lipinski definition) is 3. The number of hydrogen-bond donors (Lipinski definition) is 1. The molecule has 4 aromatic rings. The predicted molar refractivity (Wildman–Crippen MR) is 117 cm³/mol. The maximum Gasteiger partial charge on any atom is 0.257 e. The van der Waals surface area contributed by atoms with Gasteiger partial charge in [0.2, 0.25) is 0 Å². The topological polar surface area (TPSA) is 42.0 Å². The smallest absolute Gasteiger partial charge is 0.257 e.